The number of nitrogens with one attached hydrogen (secondary N) is 1. The van der Waals surface area contributed by atoms with Gasteiger partial charge >= 0.3 is 5.97 Å². The average Bonchev–Trinajstić information content (AvgIpc) is 2.62. The molecule has 0 aromatic heterocycles. The molecule has 1 saturated heterocycles. The maximum Gasteiger partial charge on any atom is 0.323 e. The lowest BCUT2D eigenvalue weighted by Crippen LogP contribution is -2.42. The molecule has 0 aliphatic carbocycles. The number of thioether (sulfide) groups is 1. The van der Waals surface area contributed by atoms with Crippen molar-refractivity contribution in [3.63, 3.8) is 0 Å². The number of hydrogen-bond acceptors (Lipinski definition) is 7. The lowest BCUT2D eigenvalue weighted by atomic mass is 10.2. The molecule has 0 radical (unpaired) electrons. The molecule has 21 heavy (non-hydrogen) atoms. The second-order valence-corrected chi connectivity index (χ2v) is 8.39. The van der Waals surface area contributed by atoms with Gasteiger partial charge in [0.05, 0.1) is 35.3 Å². The molecule has 1 heterocycles. The van der Waals surface area contributed by atoms with E-state index in [9.17, 15) is 18.0 Å². The third-order valence-electron chi connectivity index (χ3n) is 2.75. The van der Waals surface area contributed by atoms with Gasteiger partial charge in [0.1, 0.15) is 6.04 Å². The molecule has 3 unspecified atom stereocenters. The summed E-state index contributed by atoms with van der Waals surface area (Å²) in [5.41, 5.74) is 5.58. The topological polar surface area (TPSA) is 116 Å². The summed E-state index contributed by atoms with van der Waals surface area (Å²) in [5, 5.41) is 1.98. The number of hydrogen-bond donors (Lipinski definition) is 2. The molecule has 0 saturated carbocycles. The highest BCUT2D eigenvalue weighted by Gasteiger charge is 2.37. The van der Waals surface area contributed by atoms with Gasteiger partial charge in [0.25, 0.3) is 0 Å². The number of carbonyl (C=O) groups is 2. The molecule has 7 nitrogen and oxygen atoms in total. The summed E-state index contributed by atoms with van der Waals surface area (Å²) < 4.78 is 27.5. The molecular formula is C11H19ClN2O5S2. The number of esters is 1. The van der Waals surface area contributed by atoms with Gasteiger partial charge in [0, 0.05) is 5.75 Å². The minimum absolute atomic E-state index is 0.0766. The Morgan fingerprint density at radius 1 is 1.48 bits per heavy atom. The highest BCUT2D eigenvalue weighted by atomic mass is 35.5. The normalized spacial score (nSPS) is 25.3. The minimum Gasteiger partial charge on any atom is -0.465 e. The van der Waals surface area contributed by atoms with E-state index in [1.54, 1.807) is 6.92 Å². The first-order chi connectivity index (χ1) is 9.75. The van der Waals surface area contributed by atoms with Crippen LogP contribution in [0.25, 0.3) is 0 Å². The van der Waals surface area contributed by atoms with Crippen LogP contribution in [0.15, 0.2) is 0 Å². The number of amides is 1. The highest BCUT2D eigenvalue weighted by molar-refractivity contribution is 8.00. The molecule has 3 N–H and O–H groups in total. The molecule has 0 spiro atoms. The molecule has 122 valence electrons. The van der Waals surface area contributed by atoms with Crippen LogP contribution in [0, 0.1) is 0 Å². The second-order valence-electron chi connectivity index (χ2n) is 4.64. The summed E-state index contributed by atoms with van der Waals surface area (Å²) in [5.74, 6) is -0.774. The highest BCUT2D eigenvalue weighted by Crippen LogP contribution is 2.18. The number of rotatable bonds is 7. The Morgan fingerprint density at radius 3 is 2.67 bits per heavy atom. The number of halogens is 1. The summed E-state index contributed by atoms with van der Waals surface area (Å²) in [6.45, 7) is 1.94. The monoisotopic (exact) mass is 358 g/mol. The fourth-order valence-electron chi connectivity index (χ4n) is 1.78. The van der Waals surface area contributed by atoms with Crippen LogP contribution in [0.4, 0.5) is 0 Å². The van der Waals surface area contributed by atoms with E-state index in [1.165, 1.54) is 11.8 Å². The standard InChI is InChI=1S/C11H19ClN2O5S2/c1-2-19-11(16)8(13)3-20-4-10(15)14-9-6-21(17,18)5-7(9)12/h7-9H,2-6,13H2,1H3,(H,14,15). The number of sulfone groups is 1. The molecule has 3 atom stereocenters. The van der Waals surface area contributed by atoms with Crippen LogP contribution in [0.1, 0.15) is 6.92 Å². The van der Waals surface area contributed by atoms with E-state index in [-0.39, 0.29) is 35.5 Å². The summed E-state index contributed by atoms with van der Waals surface area (Å²) in [6.07, 6.45) is 0. The van der Waals surface area contributed by atoms with Crippen LogP contribution in [0.3, 0.4) is 0 Å². The van der Waals surface area contributed by atoms with Gasteiger partial charge in [0.15, 0.2) is 9.84 Å². The summed E-state index contributed by atoms with van der Waals surface area (Å²) >= 11 is 7.06. The van der Waals surface area contributed by atoms with Crippen LogP contribution in [-0.2, 0) is 24.2 Å². The van der Waals surface area contributed by atoms with Crippen LogP contribution in [0.2, 0.25) is 0 Å². The van der Waals surface area contributed by atoms with Crippen LogP contribution in [-0.4, -0.2) is 67.4 Å². The predicted molar refractivity (Wildman–Crippen MR) is 82.2 cm³/mol. The van der Waals surface area contributed by atoms with Gasteiger partial charge in [-0.2, -0.15) is 0 Å². The van der Waals surface area contributed by atoms with Crippen molar-refractivity contribution in [2.45, 2.75) is 24.4 Å². The smallest absolute Gasteiger partial charge is 0.323 e. The third kappa shape index (κ3) is 6.41. The van der Waals surface area contributed by atoms with Crippen molar-refractivity contribution in [1.82, 2.24) is 5.32 Å². The van der Waals surface area contributed by atoms with Crippen molar-refractivity contribution in [2.75, 3.05) is 29.6 Å². The maximum atomic E-state index is 11.7. The van der Waals surface area contributed by atoms with Gasteiger partial charge in [-0.25, -0.2) is 8.42 Å². The zero-order valence-electron chi connectivity index (χ0n) is 11.6. The maximum absolute atomic E-state index is 11.7. The van der Waals surface area contributed by atoms with Gasteiger partial charge in [-0.1, -0.05) is 0 Å². The molecule has 1 amide bonds. The van der Waals surface area contributed by atoms with E-state index in [0.717, 1.165) is 0 Å². The van der Waals surface area contributed by atoms with E-state index in [1.807, 2.05) is 0 Å². The fraction of sp³-hybridized carbons (Fsp3) is 0.818. The van der Waals surface area contributed by atoms with Crippen LogP contribution < -0.4 is 11.1 Å². The van der Waals surface area contributed by atoms with Crippen LogP contribution >= 0.6 is 23.4 Å². The van der Waals surface area contributed by atoms with E-state index in [0.29, 0.717) is 0 Å². The Bertz CT molecular complexity index is 485. The van der Waals surface area contributed by atoms with Gasteiger partial charge in [-0.15, -0.1) is 23.4 Å². The molecule has 0 aromatic carbocycles. The number of alkyl halides is 1. The minimum atomic E-state index is -3.18. The molecule has 0 bridgehead atoms. The number of nitrogens with two attached hydrogens (primary N) is 1. The van der Waals surface area contributed by atoms with Crippen molar-refractivity contribution in [2.24, 2.45) is 5.73 Å². The quantitative estimate of drug-likeness (QED) is 0.449. The zero-order valence-corrected chi connectivity index (χ0v) is 14.0. The Kier molecular flexibility index (Phi) is 7.25. The molecule has 1 rings (SSSR count). The fourth-order valence-corrected chi connectivity index (χ4v) is 5.11. The SMILES string of the molecule is CCOC(=O)C(N)CSCC(=O)NC1CS(=O)(=O)CC1Cl. The Morgan fingerprint density at radius 2 is 2.14 bits per heavy atom. The van der Waals surface area contributed by atoms with Gasteiger partial charge in [0.2, 0.25) is 5.91 Å². The Hall–Kier alpha value is -0.510. The summed E-state index contributed by atoms with van der Waals surface area (Å²) in [4.78, 5) is 23.0. The molecule has 0 aromatic rings. The second kappa shape index (κ2) is 8.21. The average molecular weight is 359 g/mol. The van der Waals surface area contributed by atoms with Crippen molar-refractivity contribution in [3.8, 4) is 0 Å². The predicted octanol–water partition coefficient (Wildman–Crippen LogP) is -0.869. The van der Waals surface area contributed by atoms with E-state index in [2.05, 4.69) is 5.32 Å². The largest absolute Gasteiger partial charge is 0.465 e. The van der Waals surface area contributed by atoms with E-state index in [4.69, 9.17) is 22.1 Å². The zero-order chi connectivity index (χ0) is 16.0. The van der Waals surface area contributed by atoms with E-state index >= 15 is 0 Å². The van der Waals surface area contributed by atoms with Crippen molar-refractivity contribution in [3.05, 3.63) is 0 Å². The molecule has 10 heteroatoms. The Labute approximate surface area is 133 Å². The lowest BCUT2D eigenvalue weighted by molar-refractivity contribution is -0.144. The van der Waals surface area contributed by atoms with Crippen LogP contribution in [0.5, 0.6) is 0 Å². The first kappa shape index (κ1) is 18.5. The molecular weight excluding hydrogens is 340 g/mol. The number of ether oxygens (including phenoxy) is 1. The van der Waals surface area contributed by atoms with Crippen molar-refractivity contribution < 1.29 is 22.7 Å². The number of carbonyl (C=O) groups excluding carboxylic acids is 2. The third-order valence-corrected chi connectivity index (χ3v) is 6.19. The van der Waals surface area contributed by atoms with Crippen molar-refractivity contribution in [1.29, 1.82) is 0 Å². The lowest BCUT2D eigenvalue weighted by Gasteiger charge is -2.14. The molecule has 1 aliphatic heterocycles. The van der Waals surface area contributed by atoms with Gasteiger partial charge in [-0.3, -0.25) is 9.59 Å². The Balaban J connectivity index is 2.27. The van der Waals surface area contributed by atoms with Crippen molar-refractivity contribution >= 4 is 45.1 Å². The van der Waals surface area contributed by atoms with E-state index < -0.39 is 33.3 Å². The first-order valence-electron chi connectivity index (χ1n) is 6.39. The first-order valence-corrected chi connectivity index (χ1v) is 9.80. The van der Waals surface area contributed by atoms with Gasteiger partial charge in [-0.05, 0) is 6.92 Å². The summed E-state index contributed by atoms with van der Waals surface area (Å²) in [6, 6.07) is -1.35. The summed E-state index contributed by atoms with van der Waals surface area (Å²) in [7, 11) is -3.18. The molecule has 1 aliphatic rings. The van der Waals surface area contributed by atoms with Gasteiger partial charge < -0.3 is 15.8 Å². The molecule has 1 fully saturated rings.